The van der Waals surface area contributed by atoms with E-state index in [2.05, 4.69) is 10.3 Å². The van der Waals surface area contributed by atoms with Gasteiger partial charge in [-0.05, 0) is 31.9 Å². The maximum absolute atomic E-state index is 12.5. The zero-order chi connectivity index (χ0) is 17.3. The average Bonchev–Trinajstić information content (AvgIpc) is 2.58. The van der Waals surface area contributed by atoms with Crippen LogP contribution in [0, 0.1) is 12.8 Å². The first-order chi connectivity index (χ1) is 11.5. The van der Waals surface area contributed by atoms with Crippen molar-refractivity contribution in [3.8, 4) is 0 Å². The van der Waals surface area contributed by atoms with Gasteiger partial charge < -0.3 is 20.9 Å². The number of fused-ring (bicyclic) bond motifs is 1. The molecule has 0 unspecified atom stereocenters. The van der Waals surface area contributed by atoms with Crippen molar-refractivity contribution in [3.63, 3.8) is 0 Å². The number of nitrogens with zero attached hydrogens (tertiary/aromatic N) is 1. The molecule has 0 aliphatic carbocycles. The van der Waals surface area contributed by atoms with Gasteiger partial charge in [0.25, 0.3) is 0 Å². The Kier molecular flexibility index (Phi) is 4.24. The highest BCUT2D eigenvalue weighted by molar-refractivity contribution is 5.92. The Morgan fingerprint density at radius 1 is 1.29 bits per heavy atom. The first kappa shape index (κ1) is 16.0. The van der Waals surface area contributed by atoms with E-state index in [1.54, 1.807) is 11.0 Å². The molecule has 1 aliphatic heterocycles. The zero-order valence-corrected chi connectivity index (χ0v) is 13.5. The van der Waals surface area contributed by atoms with Gasteiger partial charge in [-0.2, -0.15) is 0 Å². The number of aryl methyl sites for hydroxylation is 1. The maximum Gasteiger partial charge on any atom is 0.321 e. The number of rotatable bonds is 2. The van der Waals surface area contributed by atoms with E-state index in [1.807, 2.05) is 19.1 Å². The van der Waals surface area contributed by atoms with Crippen molar-refractivity contribution in [1.29, 1.82) is 0 Å². The summed E-state index contributed by atoms with van der Waals surface area (Å²) in [6.07, 6.45) is 2.61. The van der Waals surface area contributed by atoms with E-state index < -0.39 is 0 Å². The summed E-state index contributed by atoms with van der Waals surface area (Å²) in [6, 6.07) is 5.21. The molecule has 1 saturated heterocycles. The lowest BCUT2D eigenvalue weighted by Crippen LogP contribution is -2.44. The van der Waals surface area contributed by atoms with Crippen LogP contribution < -0.4 is 16.5 Å². The highest BCUT2D eigenvalue weighted by Gasteiger charge is 2.26. The second kappa shape index (κ2) is 6.35. The number of aromatic nitrogens is 1. The summed E-state index contributed by atoms with van der Waals surface area (Å²) < 4.78 is 0. The summed E-state index contributed by atoms with van der Waals surface area (Å²) >= 11 is 0. The molecule has 1 aromatic carbocycles. The molecule has 24 heavy (non-hydrogen) atoms. The molecule has 7 nitrogen and oxygen atoms in total. The van der Waals surface area contributed by atoms with Gasteiger partial charge in [0.1, 0.15) is 5.69 Å². The molecule has 7 heteroatoms. The number of aromatic amines is 1. The number of carbonyl (C=O) groups excluding carboxylic acids is 2. The molecule has 1 aromatic heterocycles. The fourth-order valence-corrected chi connectivity index (χ4v) is 2.99. The number of piperidine rings is 1. The van der Waals surface area contributed by atoms with Crippen LogP contribution in [0.2, 0.25) is 0 Å². The van der Waals surface area contributed by atoms with Crippen molar-refractivity contribution < 1.29 is 9.59 Å². The van der Waals surface area contributed by atoms with E-state index in [4.69, 9.17) is 5.73 Å². The number of hydrogen-bond acceptors (Lipinski definition) is 3. The monoisotopic (exact) mass is 328 g/mol. The summed E-state index contributed by atoms with van der Waals surface area (Å²) in [6.45, 7) is 2.81. The minimum atomic E-state index is -0.338. The number of nitrogens with two attached hydrogens (primary N) is 1. The molecule has 0 radical (unpaired) electrons. The number of anilines is 1. The second-order valence-corrected chi connectivity index (χ2v) is 6.17. The largest absolute Gasteiger partial charge is 0.369 e. The van der Waals surface area contributed by atoms with E-state index in [0.29, 0.717) is 31.3 Å². The third kappa shape index (κ3) is 3.10. The Morgan fingerprint density at radius 3 is 2.67 bits per heavy atom. The first-order valence-corrected chi connectivity index (χ1v) is 7.93. The normalized spacial score (nSPS) is 15.5. The summed E-state index contributed by atoms with van der Waals surface area (Å²) in [4.78, 5) is 40.7. The molecule has 0 spiro atoms. The summed E-state index contributed by atoms with van der Waals surface area (Å²) in [5, 5.41) is 3.20. The molecule has 3 amide bonds. The molecule has 4 N–H and O–H groups in total. The minimum absolute atomic E-state index is 0.180. The van der Waals surface area contributed by atoms with Crippen molar-refractivity contribution in [2.24, 2.45) is 11.7 Å². The molecular weight excluding hydrogens is 308 g/mol. The SMILES string of the molecule is Cc1ccc2[nH]cc(NC(=O)N3CCC(C(N)=O)CC3)c(=O)c2c1. The van der Waals surface area contributed by atoms with E-state index in [0.717, 1.165) is 11.1 Å². The Bertz CT molecular complexity index is 851. The van der Waals surface area contributed by atoms with E-state index in [-0.39, 0.29) is 29.0 Å². The van der Waals surface area contributed by atoms with Gasteiger partial charge in [-0.25, -0.2) is 4.79 Å². The van der Waals surface area contributed by atoms with Crippen LogP contribution in [0.15, 0.2) is 29.2 Å². The molecule has 1 fully saturated rings. The zero-order valence-electron chi connectivity index (χ0n) is 13.5. The van der Waals surface area contributed by atoms with Crippen LogP contribution in [-0.2, 0) is 4.79 Å². The van der Waals surface area contributed by atoms with Gasteiger partial charge in [0.15, 0.2) is 0 Å². The summed E-state index contributed by atoms with van der Waals surface area (Å²) in [5.41, 5.74) is 7.00. The van der Waals surface area contributed by atoms with Crippen LogP contribution in [0.4, 0.5) is 10.5 Å². The lowest BCUT2D eigenvalue weighted by Gasteiger charge is -2.30. The fourth-order valence-electron chi connectivity index (χ4n) is 2.99. The number of amides is 3. The van der Waals surface area contributed by atoms with Crippen molar-refractivity contribution >= 4 is 28.5 Å². The predicted octanol–water partition coefficient (Wildman–Crippen LogP) is 1.57. The third-order valence-corrected chi connectivity index (χ3v) is 4.46. The van der Waals surface area contributed by atoms with Crippen LogP contribution in [0.5, 0.6) is 0 Å². The van der Waals surface area contributed by atoms with Gasteiger partial charge in [0, 0.05) is 36.1 Å². The molecule has 2 aromatic rings. The topological polar surface area (TPSA) is 108 Å². The van der Waals surface area contributed by atoms with E-state index >= 15 is 0 Å². The summed E-state index contributed by atoms with van der Waals surface area (Å²) in [5.74, 6) is -0.502. The van der Waals surface area contributed by atoms with Crippen LogP contribution in [0.1, 0.15) is 18.4 Å². The van der Waals surface area contributed by atoms with Crippen molar-refractivity contribution in [2.75, 3.05) is 18.4 Å². The van der Waals surface area contributed by atoms with Gasteiger partial charge in [0.05, 0.1) is 0 Å². The predicted molar refractivity (Wildman–Crippen MR) is 91.8 cm³/mol. The summed E-state index contributed by atoms with van der Waals surface area (Å²) in [7, 11) is 0. The van der Waals surface area contributed by atoms with Gasteiger partial charge in [-0.15, -0.1) is 0 Å². The Balaban J connectivity index is 1.75. The second-order valence-electron chi connectivity index (χ2n) is 6.17. The standard InChI is InChI=1S/C17H20N4O3/c1-10-2-3-13-12(8-10)15(22)14(9-19-13)20-17(24)21-6-4-11(5-7-21)16(18)23/h2-3,8-9,11H,4-7H2,1H3,(H2,18,23)(H,19,22)(H,20,24). The first-order valence-electron chi connectivity index (χ1n) is 7.93. The number of urea groups is 1. The van der Waals surface area contributed by atoms with Crippen molar-refractivity contribution in [1.82, 2.24) is 9.88 Å². The molecule has 0 saturated carbocycles. The van der Waals surface area contributed by atoms with Crippen molar-refractivity contribution in [2.45, 2.75) is 19.8 Å². The molecule has 0 atom stereocenters. The number of H-pyrrole nitrogens is 1. The number of nitrogens with one attached hydrogen (secondary N) is 2. The van der Waals surface area contributed by atoms with E-state index in [1.165, 1.54) is 6.20 Å². The quantitative estimate of drug-likeness (QED) is 0.778. The van der Waals surface area contributed by atoms with Gasteiger partial charge in [0.2, 0.25) is 11.3 Å². The number of primary amides is 1. The van der Waals surface area contributed by atoms with E-state index in [9.17, 15) is 14.4 Å². The Labute approximate surface area is 138 Å². The average molecular weight is 328 g/mol. The molecule has 126 valence electrons. The molecular formula is C17H20N4O3. The fraction of sp³-hybridized carbons (Fsp3) is 0.353. The van der Waals surface area contributed by atoms with Crippen LogP contribution in [-0.4, -0.2) is 34.9 Å². The van der Waals surface area contributed by atoms with Crippen LogP contribution in [0.3, 0.4) is 0 Å². The van der Waals surface area contributed by atoms with Gasteiger partial charge >= 0.3 is 6.03 Å². The maximum atomic E-state index is 12.5. The number of hydrogen-bond donors (Lipinski definition) is 3. The molecule has 2 heterocycles. The molecule has 3 rings (SSSR count). The molecule has 0 bridgehead atoms. The van der Waals surface area contributed by atoms with Gasteiger partial charge in [-0.1, -0.05) is 11.6 Å². The number of pyridine rings is 1. The van der Waals surface area contributed by atoms with Crippen LogP contribution in [0.25, 0.3) is 10.9 Å². The van der Waals surface area contributed by atoms with Gasteiger partial charge in [-0.3, -0.25) is 9.59 Å². The number of likely N-dealkylation sites (tertiary alicyclic amines) is 1. The highest BCUT2D eigenvalue weighted by atomic mass is 16.2. The lowest BCUT2D eigenvalue weighted by molar-refractivity contribution is -0.122. The number of carbonyl (C=O) groups is 2. The van der Waals surface area contributed by atoms with Crippen LogP contribution >= 0.6 is 0 Å². The third-order valence-electron chi connectivity index (χ3n) is 4.46. The number of benzene rings is 1. The Hall–Kier alpha value is -2.83. The smallest absolute Gasteiger partial charge is 0.321 e. The molecule has 1 aliphatic rings. The van der Waals surface area contributed by atoms with Crippen molar-refractivity contribution in [3.05, 3.63) is 40.2 Å². The lowest BCUT2D eigenvalue weighted by atomic mass is 9.96. The minimum Gasteiger partial charge on any atom is -0.369 e. The Morgan fingerprint density at radius 2 is 2.00 bits per heavy atom. The highest BCUT2D eigenvalue weighted by Crippen LogP contribution is 2.18.